The van der Waals surface area contributed by atoms with Gasteiger partial charge in [-0.15, -0.1) is 11.8 Å². The molecule has 0 radical (unpaired) electrons. The van der Waals surface area contributed by atoms with Crippen LogP contribution in [0.3, 0.4) is 0 Å². The number of nitrogens with one attached hydrogen (secondary N) is 1. The molecule has 0 aliphatic carbocycles. The highest BCUT2D eigenvalue weighted by molar-refractivity contribution is 9.10. The number of carbonyl (C=O) groups is 1. The molecule has 5 nitrogen and oxygen atoms in total. The summed E-state index contributed by atoms with van der Waals surface area (Å²) in [7, 11) is 0. The topological polar surface area (TPSA) is 63.5 Å². The van der Waals surface area contributed by atoms with E-state index in [-0.39, 0.29) is 11.5 Å². The fourth-order valence-electron chi connectivity index (χ4n) is 2.00. The molecule has 124 valence electrons. The molecule has 1 amide bonds. The van der Waals surface area contributed by atoms with Gasteiger partial charge in [0.05, 0.1) is 11.4 Å². The number of hydrogen-bond donors (Lipinski definition) is 1. The van der Waals surface area contributed by atoms with Gasteiger partial charge in [-0.3, -0.25) is 14.0 Å². The molecular formula is C16H20BrN3O2S. The zero-order chi connectivity index (χ0) is 16.8. The molecule has 0 aliphatic rings. The quantitative estimate of drug-likeness (QED) is 0.779. The summed E-state index contributed by atoms with van der Waals surface area (Å²) in [6.07, 6.45) is 2.68. The predicted octanol–water partition coefficient (Wildman–Crippen LogP) is 2.85. The SMILES string of the molecule is CC(C)CCNC(=O)CSCc1cc(=O)n2cc(Br)ccc2n1. The van der Waals surface area contributed by atoms with Crippen molar-refractivity contribution in [3.63, 3.8) is 0 Å². The fourth-order valence-corrected chi connectivity index (χ4v) is 3.08. The lowest BCUT2D eigenvalue weighted by atomic mass is 10.1. The van der Waals surface area contributed by atoms with Crippen molar-refractivity contribution in [2.75, 3.05) is 12.3 Å². The largest absolute Gasteiger partial charge is 0.355 e. The van der Waals surface area contributed by atoms with Gasteiger partial charge in [0.25, 0.3) is 5.56 Å². The molecule has 0 aromatic carbocycles. The number of fused-ring (bicyclic) bond motifs is 1. The Hall–Kier alpha value is -1.34. The average molecular weight is 398 g/mol. The van der Waals surface area contributed by atoms with Crippen LogP contribution < -0.4 is 10.9 Å². The molecule has 2 aromatic heterocycles. The van der Waals surface area contributed by atoms with Gasteiger partial charge < -0.3 is 5.32 Å². The van der Waals surface area contributed by atoms with Gasteiger partial charge in [-0.25, -0.2) is 4.98 Å². The third-order valence-electron chi connectivity index (χ3n) is 3.20. The molecular weight excluding hydrogens is 378 g/mol. The number of halogens is 1. The number of hydrogen-bond acceptors (Lipinski definition) is 4. The number of rotatable bonds is 7. The minimum absolute atomic E-state index is 0.0251. The van der Waals surface area contributed by atoms with Crippen molar-refractivity contribution in [3.05, 3.63) is 44.9 Å². The summed E-state index contributed by atoms with van der Waals surface area (Å²) >= 11 is 4.80. The molecule has 7 heteroatoms. The molecule has 0 saturated heterocycles. The van der Waals surface area contributed by atoms with Gasteiger partial charge in [0.2, 0.25) is 5.91 Å². The molecule has 2 heterocycles. The van der Waals surface area contributed by atoms with Crippen molar-refractivity contribution in [1.82, 2.24) is 14.7 Å². The predicted molar refractivity (Wildman–Crippen MR) is 97.8 cm³/mol. The van der Waals surface area contributed by atoms with E-state index >= 15 is 0 Å². The second kappa shape index (κ2) is 8.49. The molecule has 0 atom stereocenters. The number of amides is 1. The van der Waals surface area contributed by atoms with E-state index in [1.165, 1.54) is 22.2 Å². The molecule has 1 N–H and O–H groups in total. The van der Waals surface area contributed by atoms with Crippen LogP contribution in [0.4, 0.5) is 0 Å². The van der Waals surface area contributed by atoms with Crippen molar-refractivity contribution >= 4 is 39.2 Å². The Balaban J connectivity index is 1.89. The molecule has 0 saturated carbocycles. The number of nitrogens with zero attached hydrogens (tertiary/aromatic N) is 2. The lowest BCUT2D eigenvalue weighted by Gasteiger charge is -2.07. The van der Waals surface area contributed by atoms with E-state index < -0.39 is 0 Å². The minimum atomic E-state index is -0.117. The van der Waals surface area contributed by atoms with Crippen molar-refractivity contribution in [1.29, 1.82) is 0 Å². The lowest BCUT2D eigenvalue weighted by molar-refractivity contribution is -0.118. The summed E-state index contributed by atoms with van der Waals surface area (Å²) < 4.78 is 2.32. The first-order chi connectivity index (χ1) is 11.0. The Labute approximate surface area is 148 Å². The Bertz CT molecular complexity index is 746. The number of pyridine rings is 1. The molecule has 23 heavy (non-hydrogen) atoms. The van der Waals surface area contributed by atoms with Gasteiger partial charge in [0.15, 0.2) is 0 Å². The molecule has 2 aromatic rings. The third-order valence-corrected chi connectivity index (χ3v) is 4.64. The molecule has 0 unspecified atom stereocenters. The van der Waals surface area contributed by atoms with Crippen LogP contribution in [-0.4, -0.2) is 27.6 Å². The summed E-state index contributed by atoms with van der Waals surface area (Å²) in [6.45, 7) is 4.97. The standard InChI is InChI=1S/C16H20BrN3O2S/c1-11(2)5-6-18-15(21)10-23-9-13-7-16(22)20-8-12(17)3-4-14(20)19-13/h3-4,7-8,11H,5-6,9-10H2,1-2H3,(H,18,21). The minimum Gasteiger partial charge on any atom is -0.355 e. The van der Waals surface area contributed by atoms with Gasteiger partial charge >= 0.3 is 0 Å². The first-order valence-corrected chi connectivity index (χ1v) is 9.43. The van der Waals surface area contributed by atoms with E-state index in [4.69, 9.17) is 0 Å². The highest BCUT2D eigenvalue weighted by Gasteiger charge is 2.06. The van der Waals surface area contributed by atoms with E-state index in [0.717, 1.165) is 10.9 Å². The van der Waals surface area contributed by atoms with Gasteiger partial charge in [-0.05, 0) is 40.4 Å². The van der Waals surface area contributed by atoms with E-state index in [2.05, 4.69) is 40.1 Å². The highest BCUT2D eigenvalue weighted by atomic mass is 79.9. The Morgan fingerprint density at radius 2 is 2.22 bits per heavy atom. The van der Waals surface area contributed by atoms with E-state index in [9.17, 15) is 9.59 Å². The average Bonchev–Trinajstić information content (AvgIpc) is 2.48. The van der Waals surface area contributed by atoms with E-state index in [1.807, 2.05) is 6.07 Å². The molecule has 0 aliphatic heterocycles. The van der Waals surface area contributed by atoms with Crippen LogP contribution in [0.1, 0.15) is 26.0 Å². The number of carbonyl (C=O) groups excluding carboxylic acids is 1. The Morgan fingerprint density at radius 3 is 2.96 bits per heavy atom. The van der Waals surface area contributed by atoms with Crippen molar-refractivity contribution in [3.8, 4) is 0 Å². The second-order valence-electron chi connectivity index (χ2n) is 5.69. The highest BCUT2D eigenvalue weighted by Crippen LogP contribution is 2.12. The number of thioether (sulfide) groups is 1. The zero-order valence-electron chi connectivity index (χ0n) is 13.2. The maximum Gasteiger partial charge on any atom is 0.258 e. The van der Waals surface area contributed by atoms with Crippen molar-refractivity contribution in [2.24, 2.45) is 5.92 Å². The molecule has 0 fully saturated rings. The van der Waals surface area contributed by atoms with Crippen LogP contribution in [0, 0.1) is 5.92 Å². The van der Waals surface area contributed by atoms with Gasteiger partial charge in [0, 0.05) is 29.0 Å². The molecule has 0 spiro atoms. The Kier molecular flexibility index (Phi) is 6.65. The smallest absolute Gasteiger partial charge is 0.258 e. The summed E-state index contributed by atoms with van der Waals surface area (Å²) in [5.41, 5.74) is 1.18. The van der Waals surface area contributed by atoms with E-state index in [0.29, 0.717) is 35.3 Å². The van der Waals surface area contributed by atoms with E-state index in [1.54, 1.807) is 12.3 Å². The van der Waals surface area contributed by atoms with Gasteiger partial charge in [-0.2, -0.15) is 0 Å². The third kappa shape index (κ3) is 5.66. The Morgan fingerprint density at radius 1 is 1.43 bits per heavy atom. The van der Waals surface area contributed by atoms with Gasteiger partial charge in [-0.1, -0.05) is 13.8 Å². The van der Waals surface area contributed by atoms with Crippen molar-refractivity contribution in [2.45, 2.75) is 26.0 Å². The summed E-state index contributed by atoms with van der Waals surface area (Å²) in [4.78, 5) is 28.2. The van der Waals surface area contributed by atoms with Gasteiger partial charge in [0.1, 0.15) is 5.65 Å². The van der Waals surface area contributed by atoms with Crippen LogP contribution in [0.15, 0.2) is 33.7 Å². The van der Waals surface area contributed by atoms with Crippen LogP contribution in [0.5, 0.6) is 0 Å². The summed E-state index contributed by atoms with van der Waals surface area (Å²) in [6, 6.07) is 5.16. The first-order valence-electron chi connectivity index (χ1n) is 7.48. The first kappa shape index (κ1) is 18.0. The van der Waals surface area contributed by atoms with Crippen LogP contribution in [0.2, 0.25) is 0 Å². The fraction of sp³-hybridized carbons (Fsp3) is 0.438. The lowest BCUT2D eigenvalue weighted by Crippen LogP contribution is -2.27. The zero-order valence-corrected chi connectivity index (χ0v) is 15.6. The summed E-state index contributed by atoms with van der Waals surface area (Å²) in [5, 5.41) is 2.90. The van der Waals surface area contributed by atoms with Crippen LogP contribution >= 0.6 is 27.7 Å². The van der Waals surface area contributed by atoms with Crippen molar-refractivity contribution < 1.29 is 4.79 Å². The molecule has 0 bridgehead atoms. The second-order valence-corrected chi connectivity index (χ2v) is 7.59. The maximum absolute atomic E-state index is 12.1. The monoisotopic (exact) mass is 397 g/mol. The molecule has 2 rings (SSSR count). The maximum atomic E-state index is 12.1. The number of aromatic nitrogens is 2. The normalized spacial score (nSPS) is 11.1. The van der Waals surface area contributed by atoms with Crippen LogP contribution in [0.25, 0.3) is 5.65 Å². The summed E-state index contributed by atoms with van der Waals surface area (Å²) in [5.74, 6) is 1.52. The van der Waals surface area contributed by atoms with Crippen LogP contribution in [-0.2, 0) is 10.5 Å².